The van der Waals surface area contributed by atoms with Gasteiger partial charge in [0, 0.05) is 21.1 Å². The molecule has 8 heavy (non-hydrogen) atoms. The van der Waals surface area contributed by atoms with Crippen molar-refractivity contribution in [1.29, 1.82) is 0 Å². The van der Waals surface area contributed by atoms with E-state index in [1.54, 1.807) is 0 Å². The molecule has 0 aromatic rings. The van der Waals surface area contributed by atoms with Crippen LogP contribution in [0.5, 0.6) is 0 Å². The molecule has 0 saturated heterocycles. The number of hydrogen-bond acceptors (Lipinski definition) is 0. The minimum absolute atomic E-state index is 0. The number of rotatable bonds is 4. The first-order chi connectivity index (χ1) is 3.41. The molecular weight excluding hydrogens is 279 g/mol. The summed E-state index contributed by atoms with van der Waals surface area (Å²) in [6.07, 6.45) is 6.52. The van der Waals surface area contributed by atoms with Crippen molar-refractivity contribution in [3.8, 4) is 0 Å². The fraction of sp³-hybridized carbons (Fsp3) is 0.857. The normalized spacial score (nSPS) is 8.25. The van der Waals surface area contributed by atoms with E-state index in [0.717, 1.165) is 6.42 Å². The summed E-state index contributed by atoms with van der Waals surface area (Å²) in [4.78, 5) is 0. The van der Waals surface area contributed by atoms with Gasteiger partial charge in [0.15, 0.2) is 0 Å². The summed E-state index contributed by atoms with van der Waals surface area (Å²) in [5, 5.41) is 0. The van der Waals surface area contributed by atoms with Crippen LogP contribution in [0.1, 0.15) is 39.0 Å². The Balaban J connectivity index is 0. The zero-order valence-electron chi connectivity index (χ0n) is 5.56. The summed E-state index contributed by atoms with van der Waals surface area (Å²) in [7, 11) is 0. The monoisotopic (exact) mass is 294 g/mol. The van der Waals surface area contributed by atoms with Gasteiger partial charge in [0.25, 0.3) is 0 Å². The molecule has 0 heterocycles. The maximum atomic E-state index is 3.76. The van der Waals surface area contributed by atoms with Gasteiger partial charge in [-0.05, 0) is 0 Å². The molecule has 1 radical (unpaired) electrons. The maximum Gasteiger partial charge on any atom is 0 e. The van der Waals surface area contributed by atoms with Crippen LogP contribution in [0.2, 0.25) is 0 Å². The van der Waals surface area contributed by atoms with E-state index in [0.29, 0.717) is 0 Å². The molecule has 0 rings (SSSR count). The molecule has 0 N–H and O–H groups in total. The summed E-state index contributed by atoms with van der Waals surface area (Å²) in [5.74, 6) is 0. The topological polar surface area (TPSA) is 0 Å². The molecule has 0 aromatic heterocycles. The van der Waals surface area contributed by atoms with Crippen LogP contribution in [0.25, 0.3) is 0 Å². The van der Waals surface area contributed by atoms with Crippen LogP contribution in [0.4, 0.5) is 0 Å². The van der Waals surface area contributed by atoms with E-state index in [-0.39, 0.29) is 21.1 Å². The second-order valence-electron chi connectivity index (χ2n) is 1.91. The molecule has 0 aliphatic heterocycles. The average molecular weight is 294 g/mol. The first-order valence-electron chi connectivity index (χ1n) is 3.21. The molecule has 0 spiro atoms. The summed E-state index contributed by atoms with van der Waals surface area (Å²) in [6, 6.07) is 0. The predicted molar refractivity (Wildman–Crippen MR) is 34.1 cm³/mol. The van der Waals surface area contributed by atoms with Crippen LogP contribution >= 0.6 is 0 Å². The molecule has 0 atom stereocenters. The van der Waals surface area contributed by atoms with Crippen molar-refractivity contribution in [3.05, 3.63) is 6.92 Å². The van der Waals surface area contributed by atoms with Gasteiger partial charge in [-0.25, -0.2) is 0 Å². The van der Waals surface area contributed by atoms with Crippen LogP contribution in [-0.2, 0) is 21.1 Å². The molecule has 0 fully saturated rings. The van der Waals surface area contributed by atoms with Gasteiger partial charge in [-0.3, -0.25) is 0 Å². The van der Waals surface area contributed by atoms with Crippen molar-refractivity contribution in [2.45, 2.75) is 39.0 Å². The van der Waals surface area contributed by atoms with Crippen molar-refractivity contribution in [2.75, 3.05) is 0 Å². The summed E-state index contributed by atoms with van der Waals surface area (Å²) >= 11 is 0. The Morgan fingerprint density at radius 3 is 2.12 bits per heavy atom. The van der Waals surface area contributed by atoms with Crippen LogP contribution < -0.4 is 0 Å². The van der Waals surface area contributed by atoms with E-state index in [4.69, 9.17) is 0 Å². The van der Waals surface area contributed by atoms with Crippen molar-refractivity contribution >= 4 is 0 Å². The van der Waals surface area contributed by atoms with E-state index < -0.39 is 0 Å². The van der Waals surface area contributed by atoms with Crippen LogP contribution in [0, 0.1) is 6.92 Å². The van der Waals surface area contributed by atoms with Gasteiger partial charge < -0.3 is 0 Å². The van der Waals surface area contributed by atoms with E-state index >= 15 is 0 Å². The molecule has 0 aliphatic carbocycles. The second-order valence-corrected chi connectivity index (χ2v) is 1.91. The fourth-order valence-corrected chi connectivity index (χ4v) is 0.604. The van der Waals surface area contributed by atoms with Gasteiger partial charge in [-0.2, -0.15) is 0 Å². The van der Waals surface area contributed by atoms with Crippen molar-refractivity contribution in [2.24, 2.45) is 0 Å². The molecule has 0 amide bonds. The zero-order chi connectivity index (χ0) is 5.54. The van der Waals surface area contributed by atoms with Gasteiger partial charge in [0.2, 0.25) is 0 Å². The molecule has 1 heteroatoms. The Morgan fingerprint density at radius 1 is 1.12 bits per heavy atom. The van der Waals surface area contributed by atoms with E-state index in [2.05, 4.69) is 13.8 Å². The van der Waals surface area contributed by atoms with Crippen molar-refractivity contribution in [1.82, 2.24) is 0 Å². The smallest absolute Gasteiger partial charge is 0 e. The Morgan fingerprint density at radius 2 is 1.75 bits per heavy atom. The third-order valence-electron chi connectivity index (χ3n) is 1.10. The molecule has 53 valence electrons. The molecule has 0 aliphatic rings. The number of hydrogen-bond donors (Lipinski definition) is 0. The third kappa shape index (κ3) is 9.85. The van der Waals surface area contributed by atoms with Gasteiger partial charge in [0.05, 0.1) is 0 Å². The average Bonchev–Trinajstić information content (AvgIpc) is 1.69. The van der Waals surface area contributed by atoms with Crippen molar-refractivity contribution in [3.63, 3.8) is 0 Å². The van der Waals surface area contributed by atoms with Gasteiger partial charge >= 0.3 is 0 Å². The minimum Gasteiger partial charge on any atom is -0.0654 e. The van der Waals surface area contributed by atoms with Gasteiger partial charge in [0.1, 0.15) is 0 Å². The molecule has 0 aromatic carbocycles. The van der Waals surface area contributed by atoms with Gasteiger partial charge in [-0.15, -0.1) is 0 Å². The fourth-order valence-electron chi connectivity index (χ4n) is 0.604. The van der Waals surface area contributed by atoms with Crippen LogP contribution in [-0.4, -0.2) is 0 Å². The first-order valence-corrected chi connectivity index (χ1v) is 3.21. The van der Waals surface area contributed by atoms with E-state index in [1.807, 2.05) is 0 Å². The SMILES string of the molecule is [CH2]CCCCCC.[Pt]. The van der Waals surface area contributed by atoms with E-state index in [9.17, 15) is 0 Å². The summed E-state index contributed by atoms with van der Waals surface area (Å²) in [5.41, 5.74) is 0. The predicted octanol–water partition coefficient (Wildman–Crippen LogP) is 2.79. The third-order valence-corrected chi connectivity index (χ3v) is 1.10. The summed E-state index contributed by atoms with van der Waals surface area (Å²) in [6.45, 7) is 5.98. The molecule has 0 nitrogen and oxygen atoms in total. The summed E-state index contributed by atoms with van der Waals surface area (Å²) < 4.78 is 0. The van der Waals surface area contributed by atoms with Crippen LogP contribution in [0.15, 0.2) is 0 Å². The largest absolute Gasteiger partial charge is 0.0654 e. The standard InChI is InChI=1S/C7H15.Pt/c1-3-5-7-6-4-2;/h1,3-7H2,2H3;. The maximum absolute atomic E-state index is 3.76. The molecule has 0 bridgehead atoms. The number of unbranched alkanes of at least 4 members (excludes halogenated alkanes) is 4. The van der Waals surface area contributed by atoms with Crippen LogP contribution in [0.3, 0.4) is 0 Å². The molecular formula is C7H15Pt. The molecule has 0 unspecified atom stereocenters. The molecule has 0 saturated carbocycles. The van der Waals surface area contributed by atoms with E-state index in [1.165, 1.54) is 25.7 Å². The van der Waals surface area contributed by atoms with Crippen molar-refractivity contribution < 1.29 is 21.1 Å². The second kappa shape index (κ2) is 10.6. The Hall–Kier alpha value is 0.688. The van der Waals surface area contributed by atoms with Gasteiger partial charge in [-0.1, -0.05) is 46.0 Å². The quantitative estimate of drug-likeness (QED) is 0.699. The zero-order valence-corrected chi connectivity index (χ0v) is 7.83. The Labute approximate surface area is 67.3 Å². The Bertz CT molecular complexity index is 23.6. The Kier molecular flexibility index (Phi) is 15.3. The first kappa shape index (κ1) is 11.5. The minimum atomic E-state index is 0.